The molecule has 0 saturated carbocycles. The summed E-state index contributed by atoms with van der Waals surface area (Å²) in [6.07, 6.45) is -4.39. The lowest BCUT2D eigenvalue weighted by atomic mass is 10.1. The number of anilines is 1. The molecule has 0 aliphatic carbocycles. The van der Waals surface area contributed by atoms with Gasteiger partial charge in [-0.2, -0.15) is 0 Å². The van der Waals surface area contributed by atoms with Crippen LogP contribution in [0.15, 0.2) is 78.0 Å². The SMILES string of the molecule is CCN=C(NC(=O)NCC(F)c1ccc(-c2ncn(-c3ccc(OC(F)(F)F)cc3)n2)cc1)N(C=O)c1c(C)cccc1C. The first-order valence-corrected chi connectivity index (χ1v) is 13.4. The number of aryl methyl sites for hydroxylation is 2. The molecule has 0 fully saturated rings. The lowest BCUT2D eigenvalue weighted by Crippen LogP contribution is -2.48. The number of nitrogens with one attached hydrogen (secondary N) is 2. The third-order valence-corrected chi connectivity index (χ3v) is 6.35. The molecule has 44 heavy (non-hydrogen) atoms. The minimum atomic E-state index is -4.79. The molecule has 10 nitrogen and oxygen atoms in total. The quantitative estimate of drug-likeness (QED) is 0.108. The van der Waals surface area contributed by atoms with Gasteiger partial charge in [-0.3, -0.25) is 20.0 Å². The van der Waals surface area contributed by atoms with Crippen molar-refractivity contribution < 1.29 is 31.9 Å². The minimum Gasteiger partial charge on any atom is -0.406 e. The number of amides is 3. The first kappa shape index (κ1) is 31.7. The predicted molar refractivity (Wildman–Crippen MR) is 156 cm³/mol. The van der Waals surface area contributed by atoms with Gasteiger partial charge in [-0.1, -0.05) is 42.5 Å². The number of nitrogens with zero attached hydrogens (tertiary/aromatic N) is 5. The van der Waals surface area contributed by atoms with Gasteiger partial charge in [0.25, 0.3) is 0 Å². The highest BCUT2D eigenvalue weighted by Gasteiger charge is 2.31. The van der Waals surface area contributed by atoms with Crippen LogP contribution in [0.1, 0.15) is 29.8 Å². The van der Waals surface area contributed by atoms with E-state index in [1.807, 2.05) is 32.0 Å². The summed E-state index contributed by atoms with van der Waals surface area (Å²) < 4.78 is 57.4. The smallest absolute Gasteiger partial charge is 0.406 e. The van der Waals surface area contributed by atoms with Crippen molar-refractivity contribution in [3.05, 3.63) is 89.7 Å². The molecule has 3 amide bonds. The number of guanidine groups is 1. The molecule has 0 saturated heterocycles. The lowest BCUT2D eigenvalue weighted by Gasteiger charge is -2.24. The number of hydrogen-bond acceptors (Lipinski definition) is 6. The van der Waals surface area contributed by atoms with Gasteiger partial charge in [-0.25, -0.2) is 18.9 Å². The summed E-state index contributed by atoms with van der Waals surface area (Å²) in [7, 11) is 0. The van der Waals surface area contributed by atoms with Crippen molar-refractivity contribution in [1.29, 1.82) is 0 Å². The van der Waals surface area contributed by atoms with Crippen LogP contribution >= 0.6 is 0 Å². The van der Waals surface area contributed by atoms with Crippen molar-refractivity contribution in [2.24, 2.45) is 4.99 Å². The molecule has 0 spiro atoms. The number of halogens is 4. The van der Waals surface area contributed by atoms with Gasteiger partial charge >= 0.3 is 12.4 Å². The fraction of sp³-hybridized carbons (Fsp3) is 0.233. The Morgan fingerprint density at radius 1 is 1.07 bits per heavy atom. The normalized spacial score (nSPS) is 12.4. The average molecular weight is 612 g/mol. The van der Waals surface area contributed by atoms with E-state index in [2.05, 4.69) is 30.4 Å². The number of aliphatic imine (C=N–C) groups is 1. The van der Waals surface area contributed by atoms with Crippen molar-refractivity contribution in [3.8, 4) is 22.8 Å². The van der Waals surface area contributed by atoms with Gasteiger partial charge in [0.05, 0.1) is 17.9 Å². The first-order chi connectivity index (χ1) is 21.0. The van der Waals surface area contributed by atoms with E-state index in [9.17, 15) is 22.8 Å². The third-order valence-electron chi connectivity index (χ3n) is 6.35. The van der Waals surface area contributed by atoms with Gasteiger partial charge in [0.1, 0.15) is 18.2 Å². The van der Waals surface area contributed by atoms with Crippen molar-refractivity contribution in [3.63, 3.8) is 0 Å². The summed E-state index contributed by atoms with van der Waals surface area (Å²) in [5.74, 6) is -0.0409. The second-order valence-corrected chi connectivity index (χ2v) is 9.49. The third kappa shape index (κ3) is 7.96. The monoisotopic (exact) mass is 611 g/mol. The van der Waals surface area contributed by atoms with Crippen LogP contribution in [0.2, 0.25) is 0 Å². The lowest BCUT2D eigenvalue weighted by molar-refractivity contribution is -0.274. The van der Waals surface area contributed by atoms with Crippen LogP contribution < -0.4 is 20.3 Å². The maximum Gasteiger partial charge on any atom is 0.573 e. The van der Waals surface area contributed by atoms with Crippen molar-refractivity contribution in [2.45, 2.75) is 33.3 Å². The van der Waals surface area contributed by atoms with Crippen LogP contribution in [0.4, 0.5) is 28.0 Å². The van der Waals surface area contributed by atoms with Crippen LogP contribution in [0, 0.1) is 13.8 Å². The number of carbonyl (C=O) groups is 2. The highest BCUT2D eigenvalue weighted by atomic mass is 19.4. The van der Waals surface area contributed by atoms with E-state index in [0.29, 0.717) is 41.3 Å². The Bertz CT molecular complexity index is 1600. The summed E-state index contributed by atoms with van der Waals surface area (Å²) in [5.41, 5.74) is 3.54. The molecule has 3 aromatic carbocycles. The molecule has 1 heterocycles. The zero-order chi connectivity index (χ0) is 31.9. The second-order valence-electron chi connectivity index (χ2n) is 9.49. The zero-order valence-corrected chi connectivity index (χ0v) is 24.0. The number of aromatic nitrogens is 3. The Kier molecular flexibility index (Phi) is 9.93. The summed E-state index contributed by atoms with van der Waals surface area (Å²) in [6, 6.07) is 16.2. The Balaban J connectivity index is 1.36. The molecule has 0 aliphatic heterocycles. The van der Waals surface area contributed by atoms with Crippen LogP contribution in [-0.2, 0) is 4.79 Å². The molecule has 1 aromatic heterocycles. The molecular weight excluding hydrogens is 582 g/mol. The zero-order valence-electron chi connectivity index (χ0n) is 24.0. The molecule has 1 atom stereocenters. The topological polar surface area (TPSA) is 114 Å². The largest absolute Gasteiger partial charge is 0.573 e. The Labute approximate surface area is 250 Å². The predicted octanol–water partition coefficient (Wildman–Crippen LogP) is 5.80. The number of hydrogen-bond donors (Lipinski definition) is 2. The number of para-hydroxylation sites is 1. The van der Waals surface area contributed by atoms with Gasteiger partial charge < -0.3 is 10.1 Å². The van der Waals surface area contributed by atoms with Crippen molar-refractivity contribution in [2.75, 3.05) is 18.0 Å². The van der Waals surface area contributed by atoms with E-state index in [4.69, 9.17) is 0 Å². The Morgan fingerprint density at radius 3 is 2.32 bits per heavy atom. The van der Waals surface area contributed by atoms with E-state index in [1.54, 1.807) is 19.1 Å². The number of urea groups is 1. The fourth-order valence-corrected chi connectivity index (χ4v) is 4.33. The standard InChI is InChI=1S/C30H29F4N7O3/c1-4-35-28(40(18-42)26-19(2)6-5-7-20(26)3)38-29(43)36-16-25(31)21-8-10-22(11-9-21)27-37-17-41(39-27)23-12-14-24(15-13-23)44-30(32,33)34/h5-15,17-18,25H,4,16H2,1-3H3,(H2,35,36,38,43). The maximum absolute atomic E-state index is 15.0. The fourth-order valence-electron chi connectivity index (χ4n) is 4.33. The molecule has 0 radical (unpaired) electrons. The molecule has 14 heteroatoms. The highest BCUT2D eigenvalue weighted by molar-refractivity contribution is 6.14. The summed E-state index contributed by atoms with van der Waals surface area (Å²) in [4.78, 5) is 34.3. The van der Waals surface area contributed by atoms with Gasteiger partial charge in [-0.15, -0.1) is 18.3 Å². The Morgan fingerprint density at radius 2 is 1.73 bits per heavy atom. The van der Waals surface area contributed by atoms with Crippen LogP contribution in [0.5, 0.6) is 5.75 Å². The maximum atomic E-state index is 15.0. The van der Waals surface area contributed by atoms with E-state index >= 15 is 4.39 Å². The second kappa shape index (κ2) is 13.8. The number of alkyl halides is 4. The van der Waals surface area contributed by atoms with Crippen LogP contribution in [0.3, 0.4) is 0 Å². The molecule has 2 N–H and O–H groups in total. The molecule has 1 unspecified atom stereocenters. The van der Waals surface area contributed by atoms with Gasteiger partial charge in [0.15, 0.2) is 5.82 Å². The molecular formula is C30H29F4N7O3. The van der Waals surface area contributed by atoms with Crippen molar-refractivity contribution in [1.82, 2.24) is 25.4 Å². The number of carbonyl (C=O) groups excluding carboxylic acids is 2. The van der Waals surface area contributed by atoms with E-state index in [1.165, 1.54) is 40.2 Å². The van der Waals surface area contributed by atoms with Gasteiger partial charge in [0, 0.05) is 12.1 Å². The summed E-state index contributed by atoms with van der Waals surface area (Å²) in [6.45, 7) is 5.36. The molecule has 4 rings (SSSR count). The van der Waals surface area contributed by atoms with Crippen LogP contribution in [-0.4, -0.2) is 52.6 Å². The first-order valence-electron chi connectivity index (χ1n) is 13.4. The molecule has 4 aromatic rings. The van der Waals surface area contributed by atoms with Crippen molar-refractivity contribution >= 4 is 24.1 Å². The summed E-state index contributed by atoms with van der Waals surface area (Å²) in [5, 5.41) is 9.34. The van der Waals surface area contributed by atoms with Gasteiger partial charge in [-0.05, 0) is 61.7 Å². The number of ether oxygens (including phenoxy) is 1. The summed E-state index contributed by atoms with van der Waals surface area (Å²) >= 11 is 0. The molecule has 0 aliphatic rings. The number of rotatable bonds is 9. The van der Waals surface area contributed by atoms with Gasteiger partial charge in [0.2, 0.25) is 12.4 Å². The average Bonchev–Trinajstić information content (AvgIpc) is 3.48. The highest BCUT2D eigenvalue weighted by Crippen LogP contribution is 2.26. The van der Waals surface area contributed by atoms with Crippen LogP contribution in [0.25, 0.3) is 17.1 Å². The van der Waals surface area contributed by atoms with E-state index < -0.39 is 18.6 Å². The minimum absolute atomic E-state index is 0.00896. The number of benzene rings is 3. The molecule has 0 bridgehead atoms. The van der Waals surface area contributed by atoms with E-state index in [0.717, 1.165) is 23.3 Å². The van der Waals surface area contributed by atoms with E-state index in [-0.39, 0.29) is 18.3 Å². The molecule has 230 valence electrons. The Hall–Kier alpha value is -5.27.